The van der Waals surface area contributed by atoms with Crippen LogP contribution in [0.15, 0.2) is 16.9 Å². The number of aryl methyl sites for hydroxylation is 1. The number of carbonyl (C=O) groups is 1. The van der Waals surface area contributed by atoms with E-state index >= 15 is 0 Å². The van der Waals surface area contributed by atoms with Gasteiger partial charge in [0.2, 0.25) is 0 Å². The molecule has 1 N–H and O–H groups in total. The van der Waals surface area contributed by atoms with Crippen LogP contribution in [0, 0.1) is 0 Å². The first-order valence-electron chi connectivity index (χ1n) is 5.23. The van der Waals surface area contributed by atoms with Gasteiger partial charge in [-0.05, 0) is 6.07 Å². The van der Waals surface area contributed by atoms with Gasteiger partial charge in [0.25, 0.3) is 11.5 Å². The lowest BCUT2D eigenvalue weighted by Crippen LogP contribution is -2.46. The van der Waals surface area contributed by atoms with Crippen LogP contribution < -0.4 is 10.9 Å². The molecule has 1 amide bonds. The van der Waals surface area contributed by atoms with Gasteiger partial charge in [0.1, 0.15) is 5.69 Å². The quantitative estimate of drug-likeness (QED) is 0.650. The molecule has 0 atom stereocenters. The highest BCUT2D eigenvalue weighted by Gasteiger charge is 2.19. The van der Waals surface area contributed by atoms with Crippen LogP contribution in [0.2, 0.25) is 0 Å². The fourth-order valence-corrected chi connectivity index (χ4v) is 1.65. The van der Waals surface area contributed by atoms with Gasteiger partial charge in [-0.1, -0.05) is 0 Å². The molecule has 0 bridgehead atoms. The van der Waals surface area contributed by atoms with Crippen molar-refractivity contribution in [1.29, 1.82) is 0 Å². The first kappa shape index (κ1) is 10.8. The third-order valence-electron chi connectivity index (χ3n) is 2.58. The van der Waals surface area contributed by atoms with Crippen molar-refractivity contribution in [3.63, 3.8) is 0 Å². The van der Waals surface area contributed by atoms with Gasteiger partial charge in [0.15, 0.2) is 0 Å². The Kier molecular flexibility index (Phi) is 3.00. The summed E-state index contributed by atoms with van der Waals surface area (Å²) in [6.07, 6.45) is 0. The number of aromatic nitrogens is 2. The molecule has 2 heterocycles. The molecule has 0 spiro atoms. The summed E-state index contributed by atoms with van der Waals surface area (Å²) in [6, 6.07) is 2.84. The van der Waals surface area contributed by atoms with E-state index in [1.807, 2.05) is 0 Å². The summed E-state index contributed by atoms with van der Waals surface area (Å²) in [5, 5.41) is 7.11. The number of nitrogens with one attached hydrogen (secondary N) is 1. The number of carbonyl (C=O) groups excluding carboxylic acids is 1. The molecule has 0 saturated carbocycles. The lowest BCUT2D eigenvalue weighted by molar-refractivity contribution is 0.0727. The monoisotopic (exact) mass is 222 g/mol. The standard InChI is InChI=1S/C10H14N4O2/c1-13-9(15)3-2-8(12-13)10(16)14-6-4-11-5-7-14/h2-3,11H,4-7H2,1H3. The van der Waals surface area contributed by atoms with E-state index in [0.717, 1.165) is 13.1 Å². The Morgan fingerprint density at radius 2 is 2.06 bits per heavy atom. The summed E-state index contributed by atoms with van der Waals surface area (Å²) >= 11 is 0. The van der Waals surface area contributed by atoms with Crippen LogP contribution in [0.5, 0.6) is 0 Å². The number of hydrogen-bond acceptors (Lipinski definition) is 4. The summed E-state index contributed by atoms with van der Waals surface area (Å²) < 4.78 is 1.18. The van der Waals surface area contributed by atoms with E-state index in [4.69, 9.17) is 0 Å². The van der Waals surface area contributed by atoms with Crippen molar-refractivity contribution in [2.75, 3.05) is 26.2 Å². The summed E-state index contributed by atoms with van der Waals surface area (Å²) in [5.74, 6) is -0.114. The zero-order chi connectivity index (χ0) is 11.5. The van der Waals surface area contributed by atoms with E-state index in [0.29, 0.717) is 18.8 Å². The molecular weight excluding hydrogens is 208 g/mol. The molecule has 1 aliphatic heterocycles. The van der Waals surface area contributed by atoms with Gasteiger partial charge in [-0.3, -0.25) is 9.59 Å². The maximum atomic E-state index is 12.0. The van der Waals surface area contributed by atoms with Crippen molar-refractivity contribution >= 4 is 5.91 Å². The highest BCUT2D eigenvalue weighted by Crippen LogP contribution is 2.01. The molecule has 1 aromatic heterocycles. The molecule has 86 valence electrons. The molecule has 6 heteroatoms. The molecule has 0 aromatic carbocycles. The summed E-state index contributed by atoms with van der Waals surface area (Å²) in [5.41, 5.74) is 0.112. The van der Waals surface area contributed by atoms with Crippen molar-refractivity contribution in [1.82, 2.24) is 20.0 Å². The minimum absolute atomic E-state index is 0.114. The minimum atomic E-state index is -0.211. The molecule has 1 fully saturated rings. The van der Waals surface area contributed by atoms with Crippen molar-refractivity contribution in [2.45, 2.75) is 0 Å². The number of amides is 1. The lowest BCUT2D eigenvalue weighted by atomic mass is 10.3. The van der Waals surface area contributed by atoms with Crippen molar-refractivity contribution < 1.29 is 4.79 Å². The fraction of sp³-hybridized carbons (Fsp3) is 0.500. The Labute approximate surface area is 92.9 Å². The van der Waals surface area contributed by atoms with Crippen LogP contribution in [0.1, 0.15) is 10.5 Å². The molecule has 2 rings (SSSR count). The van der Waals surface area contributed by atoms with E-state index < -0.39 is 0 Å². The Bertz CT molecular complexity index is 448. The van der Waals surface area contributed by atoms with E-state index in [2.05, 4.69) is 10.4 Å². The molecule has 1 aliphatic rings. The van der Waals surface area contributed by atoms with E-state index in [1.54, 1.807) is 4.90 Å². The van der Waals surface area contributed by atoms with Crippen LogP contribution in [0.4, 0.5) is 0 Å². The first-order valence-corrected chi connectivity index (χ1v) is 5.23. The van der Waals surface area contributed by atoms with Gasteiger partial charge in [0, 0.05) is 39.3 Å². The second-order valence-corrected chi connectivity index (χ2v) is 3.72. The predicted molar refractivity (Wildman–Crippen MR) is 58.3 cm³/mol. The molecule has 1 aromatic rings. The molecule has 6 nitrogen and oxygen atoms in total. The molecule has 0 radical (unpaired) electrons. The van der Waals surface area contributed by atoms with E-state index in [9.17, 15) is 9.59 Å². The number of nitrogens with zero attached hydrogens (tertiary/aromatic N) is 3. The summed E-state index contributed by atoms with van der Waals surface area (Å²) in [4.78, 5) is 24.9. The highest BCUT2D eigenvalue weighted by molar-refractivity contribution is 5.92. The van der Waals surface area contributed by atoms with Crippen molar-refractivity contribution in [3.8, 4) is 0 Å². The van der Waals surface area contributed by atoms with Gasteiger partial charge in [-0.15, -0.1) is 0 Å². The summed E-state index contributed by atoms with van der Waals surface area (Å²) in [6.45, 7) is 2.97. The normalized spacial score (nSPS) is 16.2. The largest absolute Gasteiger partial charge is 0.335 e. The van der Waals surface area contributed by atoms with Crippen LogP contribution >= 0.6 is 0 Å². The lowest BCUT2D eigenvalue weighted by Gasteiger charge is -2.26. The average Bonchev–Trinajstić information content (AvgIpc) is 2.33. The molecule has 0 unspecified atom stereocenters. The predicted octanol–water partition coefficient (Wildman–Crippen LogP) is -1.17. The van der Waals surface area contributed by atoms with Crippen molar-refractivity contribution in [2.24, 2.45) is 7.05 Å². The highest BCUT2D eigenvalue weighted by atomic mass is 16.2. The van der Waals surface area contributed by atoms with Crippen molar-refractivity contribution in [3.05, 3.63) is 28.2 Å². The third kappa shape index (κ3) is 2.11. The second kappa shape index (κ2) is 4.44. The Morgan fingerprint density at radius 3 is 2.69 bits per heavy atom. The SMILES string of the molecule is Cn1nc(C(=O)N2CCNCC2)ccc1=O. The van der Waals surface area contributed by atoms with Gasteiger partial charge < -0.3 is 10.2 Å². The Morgan fingerprint density at radius 1 is 1.38 bits per heavy atom. The molecule has 1 saturated heterocycles. The summed E-state index contributed by atoms with van der Waals surface area (Å²) in [7, 11) is 1.54. The van der Waals surface area contributed by atoms with Gasteiger partial charge in [-0.25, -0.2) is 4.68 Å². The maximum absolute atomic E-state index is 12.0. The first-order chi connectivity index (χ1) is 7.68. The molecule has 16 heavy (non-hydrogen) atoms. The van der Waals surface area contributed by atoms with Gasteiger partial charge >= 0.3 is 0 Å². The zero-order valence-electron chi connectivity index (χ0n) is 9.14. The second-order valence-electron chi connectivity index (χ2n) is 3.72. The minimum Gasteiger partial charge on any atom is -0.335 e. The number of hydrogen-bond donors (Lipinski definition) is 1. The van der Waals surface area contributed by atoms with Crippen LogP contribution in [-0.2, 0) is 7.05 Å². The van der Waals surface area contributed by atoms with Gasteiger partial charge in [0.05, 0.1) is 0 Å². The Hall–Kier alpha value is -1.69. The maximum Gasteiger partial charge on any atom is 0.274 e. The van der Waals surface area contributed by atoms with Crippen LogP contribution in [0.3, 0.4) is 0 Å². The zero-order valence-corrected chi connectivity index (χ0v) is 9.14. The average molecular weight is 222 g/mol. The van der Waals surface area contributed by atoms with Crippen LogP contribution in [-0.4, -0.2) is 46.8 Å². The number of piperazine rings is 1. The third-order valence-corrected chi connectivity index (χ3v) is 2.58. The van der Waals surface area contributed by atoms with E-state index in [-0.39, 0.29) is 11.5 Å². The van der Waals surface area contributed by atoms with E-state index in [1.165, 1.54) is 23.9 Å². The molecule has 0 aliphatic carbocycles. The van der Waals surface area contributed by atoms with Gasteiger partial charge in [-0.2, -0.15) is 5.10 Å². The fourth-order valence-electron chi connectivity index (χ4n) is 1.65. The smallest absolute Gasteiger partial charge is 0.274 e. The number of rotatable bonds is 1. The van der Waals surface area contributed by atoms with Crippen LogP contribution in [0.25, 0.3) is 0 Å². The Balaban J connectivity index is 2.19. The topological polar surface area (TPSA) is 67.2 Å². The molecular formula is C10H14N4O2.